The molecule has 1 saturated carbocycles. The van der Waals surface area contributed by atoms with Crippen LogP contribution in [0.4, 0.5) is 0 Å². The van der Waals surface area contributed by atoms with E-state index in [1.807, 2.05) is 7.11 Å². The SMILES string of the molecule is CO[C@H]1[C@H]2C=CCC[C@@H]21. The van der Waals surface area contributed by atoms with Crippen LogP contribution in [-0.4, -0.2) is 13.2 Å². The summed E-state index contributed by atoms with van der Waals surface area (Å²) in [5.41, 5.74) is 0. The van der Waals surface area contributed by atoms with Crippen molar-refractivity contribution in [2.45, 2.75) is 18.9 Å². The molecule has 3 atom stereocenters. The monoisotopic (exact) mass is 124 g/mol. The van der Waals surface area contributed by atoms with Crippen LogP contribution >= 0.6 is 0 Å². The number of ether oxygens (including phenoxy) is 1. The number of allylic oxidation sites excluding steroid dienone is 1. The second kappa shape index (κ2) is 1.84. The van der Waals surface area contributed by atoms with E-state index >= 15 is 0 Å². The van der Waals surface area contributed by atoms with Gasteiger partial charge in [-0.1, -0.05) is 12.2 Å². The lowest BCUT2D eigenvalue weighted by molar-refractivity contribution is 0.163. The number of hydrogen-bond donors (Lipinski definition) is 0. The molecule has 0 amide bonds. The van der Waals surface area contributed by atoms with Crippen molar-refractivity contribution < 1.29 is 4.74 Å². The van der Waals surface area contributed by atoms with Gasteiger partial charge >= 0.3 is 0 Å². The molecule has 0 heterocycles. The zero-order valence-electron chi connectivity index (χ0n) is 5.71. The average molecular weight is 124 g/mol. The summed E-state index contributed by atoms with van der Waals surface area (Å²) >= 11 is 0. The highest BCUT2D eigenvalue weighted by molar-refractivity contribution is 5.13. The van der Waals surface area contributed by atoms with Gasteiger partial charge in [-0.25, -0.2) is 0 Å². The van der Waals surface area contributed by atoms with Gasteiger partial charge in [0.2, 0.25) is 0 Å². The Kier molecular flexibility index (Phi) is 1.12. The quantitative estimate of drug-likeness (QED) is 0.482. The van der Waals surface area contributed by atoms with E-state index in [0.29, 0.717) is 6.10 Å². The van der Waals surface area contributed by atoms with Crippen LogP contribution in [0.2, 0.25) is 0 Å². The van der Waals surface area contributed by atoms with E-state index in [1.165, 1.54) is 12.8 Å². The first-order chi connectivity index (χ1) is 4.43. The van der Waals surface area contributed by atoms with E-state index in [1.54, 1.807) is 0 Å². The molecule has 0 N–H and O–H groups in total. The zero-order chi connectivity index (χ0) is 6.27. The Morgan fingerprint density at radius 2 is 2.44 bits per heavy atom. The minimum Gasteiger partial charge on any atom is -0.381 e. The molecular weight excluding hydrogens is 112 g/mol. The first kappa shape index (κ1) is 5.48. The van der Waals surface area contributed by atoms with Gasteiger partial charge in [-0.2, -0.15) is 0 Å². The zero-order valence-corrected chi connectivity index (χ0v) is 5.71. The van der Waals surface area contributed by atoms with Gasteiger partial charge in [-0.3, -0.25) is 0 Å². The average Bonchev–Trinajstić information content (AvgIpc) is 2.60. The highest BCUT2D eigenvalue weighted by atomic mass is 16.5. The van der Waals surface area contributed by atoms with Crippen molar-refractivity contribution in [2.75, 3.05) is 7.11 Å². The Balaban J connectivity index is 2.02. The maximum atomic E-state index is 5.26. The molecule has 1 nitrogen and oxygen atoms in total. The van der Waals surface area contributed by atoms with Gasteiger partial charge in [-0.05, 0) is 18.8 Å². The van der Waals surface area contributed by atoms with Crippen LogP contribution in [0.1, 0.15) is 12.8 Å². The van der Waals surface area contributed by atoms with Crippen LogP contribution in [0, 0.1) is 11.8 Å². The summed E-state index contributed by atoms with van der Waals surface area (Å²) in [4.78, 5) is 0. The van der Waals surface area contributed by atoms with Gasteiger partial charge in [0.15, 0.2) is 0 Å². The third-order valence-corrected chi connectivity index (χ3v) is 2.45. The van der Waals surface area contributed by atoms with Crippen molar-refractivity contribution in [3.05, 3.63) is 12.2 Å². The Bertz CT molecular complexity index is 136. The lowest BCUT2D eigenvalue weighted by Gasteiger charge is -1.96. The van der Waals surface area contributed by atoms with E-state index < -0.39 is 0 Å². The summed E-state index contributed by atoms with van der Waals surface area (Å²) in [6.07, 6.45) is 7.77. The normalized spacial score (nSPS) is 46.6. The van der Waals surface area contributed by atoms with E-state index in [4.69, 9.17) is 4.74 Å². The second-order valence-corrected chi connectivity index (χ2v) is 2.95. The summed E-state index contributed by atoms with van der Waals surface area (Å²) in [7, 11) is 1.82. The van der Waals surface area contributed by atoms with Gasteiger partial charge in [0.05, 0.1) is 6.10 Å². The van der Waals surface area contributed by atoms with Crippen LogP contribution in [0.3, 0.4) is 0 Å². The highest BCUT2D eigenvalue weighted by Gasteiger charge is 2.49. The fraction of sp³-hybridized carbons (Fsp3) is 0.750. The van der Waals surface area contributed by atoms with Crippen molar-refractivity contribution in [1.82, 2.24) is 0 Å². The Morgan fingerprint density at radius 3 is 3.00 bits per heavy atom. The summed E-state index contributed by atoms with van der Waals surface area (Å²) in [5.74, 6) is 1.66. The summed E-state index contributed by atoms with van der Waals surface area (Å²) in [6, 6.07) is 0. The fourth-order valence-electron chi connectivity index (χ4n) is 1.85. The first-order valence-corrected chi connectivity index (χ1v) is 3.63. The maximum absolute atomic E-state index is 5.26. The maximum Gasteiger partial charge on any atom is 0.0672 e. The minimum absolute atomic E-state index is 0.573. The largest absolute Gasteiger partial charge is 0.381 e. The summed E-state index contributed by atoms with van der Waals surface area (Å²) < 4.78 is 5.26. The molecule has 0 saturated heterocycles. The standard InChI is InChI=1S/C8H12O/c1-9-8-6-4-2-3-5-7(6)8/h2,4,6-8H,3,5H2,1H3/t6-,7-,8-/m0/s1. The molecule has 0 radical (unpaired) electrons. The van der Waals surface area contributed by atoms with Crippen LogP contribution < -0.4 is 0 Å². The molecule has 0 aliphatic heterocycles. The van der Waals surface area contributed by atoms with Crippen LogP contribution in [-0.2, 0) is 4.74 Å². The molecule has 2 rings (SSSR count). The van der Waals surface area contributed by atoms with E-state index in [-0.39, 0.29) is 0 Å². The molecule has 1 fully saturated rings. The lowest BCUT2D eigenvalue weighted by atomic mass is 10.1. The first-order valence-electron chi connectivity index (χ1n) is 3.63. The van der Waals surface area contributed by atoms with Gasteiger partial charge in [0, 0.05) is 13.0 Å². The molecule has 0 unspecified atom stereocenters. The second-order valence-electron chi connectivity index (χ2n) is 2.95. The molecule has 1 heteroatoms. The lowest BCUT2D eigenvalue weighted by Crippen LogP contribution is -1.89. The predicted octanol–water partition coefficient (Wildman–Crippen LogP) is 1.60. The number of rotatable bonds is 1. The molecular formula is C8H12O. The molecule has 9 heavy (non-hydrogen) atoms. The molecule has 2 aliphatic rings. The Morgan fingerprint density at radius 1 is 1.56 bits per heavy atom. The van der Waals surface area contributed by atoms with Crippen LogP contribution in [0.25, 0.3) is 0 Å². The molecule has 0 aromatic carbocycles. The van der Waals surface area contributed by atoms with Gasteiger partial charge < -0.3 is 4.74 Å². The molecule has 0 aromatic rings. The topological polar surface area (TPSA) is 9.23 Å². The fourth-order valence-corrected chi connectivity index (χ4v) is 1.85. The van der Waals surface area contributed by atoms with Crippen molar-refractivity contribution in [2.24, 2.45) is 11.8 Å². The van der Waals surface area contributed by atoms with E-state index in [2.05, 4.69) is 12.2 Å². The van der Waals surface area contributed by atoms with Gasteiger partial charge in [-0.15, -0.1) is 0 Å². The molecule has 0 spiro atoms. The third kappa shape index (κ3) is 0.715. The number of methoxy groups -OCH3 is 1. The smallest absolute Gasteiger partial charge is 0.0672 e. The Hall–Kier alpha value is -0.300. The molecule has 0 aromatic heterocycles. The molecule has 0 bridgehead atoms. The van der Waals surface area contributed by atoms with Gasteiger partial charge in [0.25, 0.3) is 0 Å². The summed E-state index contributed by atoms with van der Waals surface area (Å²) in [6.45, 7) is 0. The minimum atomic E-state index is 0.573. The Labute approximate surface area is 55.7 Å². The van der Waals surface area contributed by atoms with Crippen molar-refractivity contribution >= 4 is 0 Å². The third-order valence-electron chi connectivity index (χ3n) is 2.45. The van der Waals surface area contributed by atoms with E-state index in [9.17, 15) is 0 Å². The van der Waals surface area contributed by atoms with Crippen molar-refractivity contribution in [3.8, 4) is 0 Å². The number of fused-ring (bicyclic) bond motifs is 1. The van der Waals surface area contributed by atoms with Crippen LogP contribution in [0.5, 0.6) is 0 Å². The van der Waals surface area contributed by atoms with Crippen LogP contribution in [0.15, 0.2) is 12.2 Å². The molecule has 2 aliphatic carbocycles. The summed E-state index contributed by atoms with van der Waals surface area (Å²) in [5, 5.41) is 0. The number of hydrogen-bond acceptors (Lipinski definition) is 1. The van der Waals surface area contributed by atoms with Crippen molar-refractivity contribution in [3.63, 3.8) is 0 Å². The van der Waals surface area contributed by atoms with E-state index in [0.717, 1.165) is 11.8 Å². The van der Waals surface area contributed by atoms with Crippen molar-refractivity contribution in [1.29, 1.82) is 0 Å². The molecule has 50 valence electrons. The highest BCUT2D eigenvalue weighted by Crippen LogP contribution is 2.48. The van der Waals surface area contributed by atoms with Gasteiger partial charge in [0.1, 0.15) is 0 Å². The predicted molar refractivity (Wildman–Crippen MR) is 36.2 cm³/mol.